The van der Waals surface area contributed by atoms with Crippen LogP contribution in [0.1, 0.15) is 44.8 Å². The number of rotatable bonds is 1. The third-order valence-electron chi connectivity index (χ3n) is 5.03. The van der Waals surface area contributed by atoms with E-state index in [1.165, 1.54) is 4.90 Å². The molecule has 3 atom stereocenters. The van der Waals surface area contributed by atoms with Gasteiger partial charge in [0.15, 0.2) is 5.82 Å². The van der Waals surface area contributed by atoms with Gasteiger partial charge >= 0.3 is 12.2 Å². The molecule has 9 heteroatoms. The molecule has 24 heavy (non-hydrogen) atoms. The van der Waals surface area contributed by atoms with Crippen LogP contribution in [0.4, 0.5) is 18.0 Å². The molecule has 1 aromatic rings. The van der Waals surface area contributed by atoms with Crippen LogP contribution >= 0.6 is 0 Å². The van der Waals surface area contributed by atoms with Crippen molar-refractivity contribution >= 4 is 6.03 Å². The molecule has 0 radical (unpaired) electrons. The average Bonchev–Trinajstić information content (AvgIpc) is 2.93. The normalized spacial score (nSPS) is 27.7. The molecule has 1 saturated carbocycles. The zero-order valence-corrected chi connectivity index (χ0v) is 13.8. The molecule has 1 aromatic heterocycles. The van der Waals surface area contributed by atoms with Crippen molar-refractivity contribution < 1.29 is 18.0 Å². The Morgan fingerprint density at radius 3 is 2.62 bits per heavy atom. The van der Waals surface area contributed by atoms with Crippen LogP contribution in [0.3, 0.4) is 0 Å². The Labute approximate surface area is 138 Å². The van der Waals surface area contributed by atoms with Gasteiger partial charge in [-0.05, 0) is 31.1 Å². The van der Waals surface area contributed by atoms with Gasteiger partial charge in [-0.2, -0.15) is 13.2 Å². The lowest BCUT2D eigenvalue weighted by molar-refractivity contribution is -0.147. The lowest BCUT2D eigenvalue weighted by Gasteiger charge is -2.35. The zero-order chi connectivity index (χ0) is 17.5. The van der Waals surface area contributed by atoms with Gasteiger partial charge in [-0.3, -0.25) is 0 Å². The number of alkyl halides is 3. The van der Waals surface area contributed by atoms with Gasteiger partial charge in [0.05, 0.1) is 6.54 Å². The fourth-order valence-corrected chi connectivity index (χ4v) is 3.67. The van der Waals surface area contributed by atoms with Crippen LogP contribution in [0.2, 0.25) is 0 Å². The monoisotopic (exact) mass is 345 g/mol. The fourth-order valence-electron chi connectivity index (χ4n) is 3.67. The molecule has 6 nitrogen and oxygen atoms in total. The minimum atomic E-state index is -4.52. The van der Waals surface area contributed by atoms with Crippen LogP contribution in [-0.2, 0) is 19.3 Å². The molecule has 134 valence electrons. The molecule has 0 bridgehead atoms. The molecule has 3 rings (SSSR count). The van der Waals surface area contributed by atoms with Crippen molar-refractivity contribution in [2.45, 2.75) is 58.4 Å². The van der Waals surface area contributed by atoms with E-state index >= 15 is 0 Å². The summed E-state index contributed by atoms with van der Waals surface area (Å²) < 4.78 is 39.5. The smallest absolute Gasteiger partial charge is 0.335 e. The fraction of sp³-hybridized carbons (Fsp3) is 0.800. The Kier molecular flexibility index (Phi) is 4.44. The molecule has 1 fully saturated rings. The predicted molar refractivity (Wildman–Crippen MR) is 79.9 cm³/mol. The van der Waals surface area contributed by atoms with Gasteiger partial charge < -0.3 is 14.8 Å². The second kappa shape index (κ2) is 6.25. The summed E-state index contributed by atoms with van der Waals surface area (Å²) in [6, 6.07) is -0.108. The van der Waals surface area contributed by atoms with Crippen LogP contribution in [0, 0.1) is 11.8 Å². The van der Waals surface area contributed by atoms with E-state index in [1.54, 1.807) is 0 Å². The molecule has 1 N–H and O–H groups in total. The number of carbonyl (C=O) groups is 1. The maximum atomic E-state index is 12.8. The van der Waals surface area contributed by atoms with Gasteiger partial charge in [0.25, 0.3) is 0 Å². The third-order valence-corrected chi connectivity index (χ3v) is 5.03. The lowest BCUT2D eigenvalue weighted by Crippen LogP contribution is -2.50. The Bertz CT molecular complexity index is 615. The molecule has 0 unspecified atom stereocenters. The largest absolute Gasteiger partial charge is 0.451 e. The van der Waals surface area contributed by atoms with Crippen LogP contribution < -0.4 is 5.32 Å². The summed E-state index contributed by atoms with van der Waals surface area (Å²) in [7, 11) is 0. The van der Waals surface area contributed by atoms with E-state index in [9.17, 15) is 18.0 Å². The number of aromatic nitrogens is 3. The van der Waals surface area contributed by atoms with Crippen molar-refractivity contribution in [2.24, 2.45) is 11.8 Å². The van der Waals surface area contributed by atoms with Gasteiger partial charge in [-0.25, -0.2) is 4.79 Å². The first-order valence-corrected chi connectivity index (χ1v) is 8.30. The van der Waals surface area contributed by atoms with Gasteiger partial charge in [0.1, 0.15) is 0 Å². The lowest BCUT2D eigenvalue weighted by atomic mass is 9.80. The first-order valence-electron chi connectivity index (χ1n) is 8.30. The average molecular weight is 345 g/mol. The second-order valence-corrected chi connectivity index (χ2v) is 6.96. The quantitative estimate of drug-likeness (QED) is 0.851. The molecule has 1 aliphatic carbocycles. The number of amides is 2. The first kappa shape index (κ1) is 17.0. The Balaban J connectivity index is 1.63. The molecular formula is C15H22F3N5O. The first-order chi connectivity index (χ1) is 11.3. The minimum Gasteiger partial charge on any atom is -0.335 e. The van der Waals surface area contributed by atoms with Crippen LogP contribution in [0.25, 0.3) is 0 Å². The number of nitrogens with zero attached hydrogens (tertiary/aromatic N) is 4. The minimum absolute atomic E-state index is 0.0480. The summed E-state index contributed by atoms with van der Waals surface area (Å²) in [4.78, 5) is 14.0. The highest BCUT2D eigenvalue weighted by molar-refractivity contribution is 5.74. The summed E-state index contributed by atoms with van der Waals surface area (Å²) in [5.74, 6) is 0.256. The predicted octanol–water partition coefficient (Wildman–Crippen LogP) is 2.65. The topological polar surface area (TPSA) is 63.1 Å². The molecule has 0 saturated heterocycles. The van der Waals surface area contributed by atoms with E-state index in [-0.39, 0.29) is 37.5 Å². The number of fused-ring (bicyclic) bond motifs is 1. The Morgan fingerprint density at radius 1 is 1.21 bits per heavy atom. The van der Waals surface area contributed by atoms with E-state index in [4.69, 9.17) is 0 Å². The number of nitrogens with one attached hydrogen (secondary N) is 1. The van der Waals surface area contributed by atoms with Crippen LogP contribution in [0.5, 0.6) is 0 Å². The Morgan fingerprint density at radius 2 is 1.96 bits per heavy atom. The molecule has 2 amide bonds. The standard InChI is InChI=1S/C15H22F3N5O/c1-9-3-4-11(10(2)7-9)19-14(24)22-5-6-23-12(8-22)20-21-13(23)15(16,17)18/h9-11H,3-8H2,1-2H3,(H,19,24)/t9-,10+,11-/m1/s1. The van der Waals surface area contributed by atoms with Gasteiger partial charge in [0, 0.05) is 19.1 Å². The molecular weight excluding hydrogens is 323 g/mol. The summed E-state index contributed by atoms with van der Waals surface area (Å²) in [6.45, 7) is 4.67. The SMILES string of the molecule is C[C@@H]1CC[C@@H](NC(=O)N2CCn3c(nnc3C(F)(F)F)C2)[C@@H](C)C1. The van der Waals surface area contributed by atoms with Gasteiger partial charge in [-0.1, -0.05) is 13.8 Å². The maximum absolute atomic E-state index is 12.8. The number of carbonyl (C=O) groups excluding carboxylic acids is 1. The van der Waals surface area contributed by atoms with Crippen molar-refractivity contribution in [1.82, 2.24) is 25.0 Å². The number of halogens is 3. The summed E-state index contributed by atoms with van der Waals surface area (Å²) in [5.41, 5.74) is 0. The molecule has 2 aliphatic rings. The van der Waals surface area contributed by atoms with Crippen LogP contribution in [-0.4, -0.2) is 38.3 Å². The van der Waals surface area contributed by atoms with Crippen molar-refractivity contribution in [2.75, 3.05) is 6.54 Å². The summed E-state index contributed by atoms with van der Waals surface area (Å²) in [5, 5.41) is 9.86. The summed E-state index contributed by atoms with van der Waals surface area (Å²) in [6.07, 6.45) is -1.42. The summed E-state index contributed by atoms with van der Waals surface area (Å²) >= 11 is 0. The van der Waals surface area contributed by atoms with E-state index in [0.717, 1.165) is 23.8 Å². The number of hydrogen-bond donors (Lipinski definition) is 1. The van der Waals surface area contributed by atoms with E-state index in [1.807, 2.05) is 0 Å². The third kappa shape index (κ3) is 3.34. The van der Waals surface area contributed by atoms with E-state index in [0.29, 0.717) is 11.8 Å². The van der Waals surface area contributed by atoms with Crippen molar-refractivity contribution in [3.63, 3.8) is 0 Å². The van der Waals surface area contributed by atoms with E-state index < -0.39 is 12.0 Å². The van der Waals surface area contributed by atoms with E-state index in [2.05, 4.69) is 29.4 Å². The molecule has 0 spiro atoms. The van der Waals surface area contributed by atoms with Crippen LogP contribution in [0.15, 0.2) is 0 Å². The maximum Gasteiger partial charge on any atom is 0.451 e. The Hall–Kier alpha value is -1.80. The highest BCUT2D eigenvalue weighted by atomic mass is 19.4. The van der Waals surface area contributed by atoms with Gasteiger partial charge in [-0.15, -0.1) is 10.2 Å². The second-order valence-electron chi connectivity index (χ2n) is 6.96. The zero-order valence-electron chi connectivity index (χ0n) is 13.8. The highest BCUT2D eigenvalue weighted by Crippen LogP contribution is 2.30. The van der Waals surface area contributed by atoms with Crippen molar-refractivity contribution in [1.29, 1.82) is 0 Å². The number of hydrogen-bond acceptors (Lipinski definition) is 3. The number of urea groups is 1. The van der Waals surface area contributed by atoms with Crippen molar-refractivity contribution in [3.8, 4) is 0 Å². The van der Waals surface area contributed by atoms with Gasteiger partial charge in [0.2, 0.25) is 5.82 Å². The highest BCUT2D eigenvalue weighted by Gasteiger charge is 2.40. The molecule has 1 aliphatic heterocycles. The molecule has 2 heterocycles. The molecule has 0 aromatic carbocycles. The van der Waals surface area contributed by atoms with Crippen molar-refractivity contribution in [3.05, 3.63) is 11.6 Å².